The molecule has 9 heteroatoms. The number of hydrogen-bond donors (Lipinski definition) is 1. The van der Waals surface area contributed by atoms with E-state index in [1.54, 1.807) is 0 Å². The maximum Gasteiger partial charge on any atom is 0.511 e. The van der Waals surface area contributed by atoms with Crippen molar-refractivity contribution in [3.63, 3.8) is 0 Å². The molecular formula is C19H14ClF3O5. The quantitative estimate of drug-likeness (QED) is 0.662. The zero-order chi connectivity index (χ0) is 20.3. The molecule has 0 aromatic heterocycles. The first-order valence-corrected chi connectivity index (χ1v) is 8.41. The summed E-state index contributed by atoms with van der Waals surface area (Å²) in [7, 11) is 0. The molecule has 28 heavy (non-hydrogen) atoms. The van der Waals surface area contributed by atoms with Gasteiger partial charge in [0.05, 0.1) is 13.2 Å². The third-order valence-corrected chi connectivity index (χ3v) is 4.04. The number of alkyl halides is 3. The minimum atomic E-state index is -4.87. The van der Waals surface area contributed by atoms with Gasteiger partial charge >= 0.3 is 12.3 Å². The summed E-state index contributed by atoms with van der Waals surface area (Å²) in [5.74, 6) is -0.969. The lowest BCUT2D eigenvalue weighted by atomic mass is 10.0. The summed E-state index contributed by atoms with van der Waals surface area (Å²) < 4.78 is 54.9. The number of halogens is 4. The van der Waals surface area contributed by atoms with Crippen LogP contribution in [0.4, 0.5) is 18.0 Å². The first-order valence-electron chi connectivity index (χ1n) is 8.04. The van der Waals surface area contributed by atoms with Gasteiger partial charge in [0.25, 0.3) is 6.10 Å². The number of fused-ring (bicyclic) bond motifs is 1. The smallest absolute Gasteiger partial charge is 0.472 e. The van der Waals surface area contributed by atoms with Crippen LogP contribution in [-0.4, -0.2) is 23.5 Å². The van der Waals surface area contributed by atoms with E-state index in [0.717, 1.165) is 11.6 Å². The molecule has 1 heterocycles. The standard InChI is InChI=1S/C19H14ClF3O5/c20-14-6-12-8-15(27-18(24)25)17(19(21,22)23)28-16(12)13(7-14)10-26-9-11-4-2-1-3-5-11/h1-8,17H,9-10H2,(H,24,25). The maximum atomic E-state index is 13.3. The Bertz CT molecular complexity index is 896. The van der Waals surface area contributed by atoms with Gasteiger partial charge < -0.3 is 19.3 Å². The lowest BCUT2D eigenvalue weighted by molar-refractivity contribution is -0.192. The molecule has 0 spiro atoms. The van der Waals surface area contributed by atoms with E-state index in [1.807, 2.05) is 30.3 Å². The molecule has 1 N–H and O–H groups in total. The molecule has 3 rings (SSSR count). The van der Waals surface area contributed by atoms with Gasteiger partial charge in [-0.2, -0.15) is 13.2 Å². The molecule has 5 nitrogen and oxygen atoms in total. The van der Waals surface area contributed by atoms with Gasteiger partial charge in [0.2, 0.25) is 0 Å². The summed E-state index contributed by atoms with van der Waals surface area (Å²) in [5.41, 5.74) is 1.37. The molecule has 2 aromatic carbocycles. The normalized spacial score (nSPS) is 16.0. The van der Waals surface area contributed by atoms with Crippen molar-refractivity contribution in [2.45, 2.75) is 25.5 Å². The Kier molecular flexibility index (Phi) is 5.81. The van der Waals surface area contributed by atoms with Crippen LogP contribution >= 0.6 is 11.6 Å². The Balaban J connectivity index is 1.88. The fraction of sp³-hybridized carbons (Fsp3) is 0.211. The number of ether oxygens (including phenoxy) is 3. The fourth-order valence-corrected chi connectivity index (χ4v) is 2.95. The SMILES string of the molecule is O=C(O)OC1=Cc2cc(Cl)cc(COCc3ccccc3)c2OC1C(F)(F)F. The van der Waals surface area contributed by atoms with E-state index in [4.69, 9.17) is 26.2 Å². The van der Waals surface area contributed by atoms with Crippen molar-refractivity contribution >= 4 is 23.8 Å². The fourth-order valence-electron chi connectivity index (χ4n) is 2.70. The van der Waals surface area contributed by atoms with Crippen molar-refractivity contribution in [1.29, 1.82) is 0 Å². The highest BCUT2D eigenvalue weighted by Gasteiger charge is 2.48. The van der Waals surface area contributed by atoms with E-state index in [1.165, 1.54) is 12.1 Å². The Morgan fingerprint density at radius 3 is 2.54 bits per heavy atom. The predicted octanol–water partition coefficient (Wildman–Crippen LogP) is 5.42. The number of carboxylic acid groups (broad SMARTS) is 1. The monoisotopic (exact) mass is 414 g/mol. The Hall–Kier alpha value is -2.71. The molecule has 148 valence electrons. The van der Waals surface area contributed by atoms with Crippen LogP contribution in [0.1, 0.15) is 16.7 Å². The molecule has 0 saturated heterocycles. The number of carbonyl (C=O) groups is 1. The molecular weight excluding hydrogens is 401 g/mol. The minimum absolute atomic E-state index is 0.0503. The first-order chi connectivity index (χ1) is 13.2. The third-order valence-electron chi connectivity index (χ3n) is 3.82. The maximum absolute atomic E-state index is 13.3. The summed E-state index contributed by atoms with van der Waals surface area (Å²) >= 11 is 6.04. The van der Waals surface area contributed by atoms with Crippen LogP contribution in [0.25, 0.3) is 6.08 Å². The molecule has 0 saturated carbocycles. The van der Waals surface area contributed by atoms with Gasteiger partial charge in [-0.15, -0.1) is 0 Å². The van der Waals surface area contributed by atoms with Crippen LogP contribution in [0.3, 0.4) is 0 Å². The topological polar surface area (TPSA) is 65.0 Å². The average molecular weight is 415 g/mol. The largest absolute Gasteiger partial charge is 0.511 e. The van der Waals surface area contributed by atoms with Crippen LogP contribution in [0.2, 0.25) is 5.02 Å². The van der Waals surface area contributed by atoms with Gasteiger partial charge in [-0.1, -0.05) is 41.9 Å². The van der Waals surface area contributed by atoms with Gasteiger partial charge in [-0.25, -0.2) is 4.79 Å². The Morgan fingerprint density at radius 2 is 1.89 bits per heavy atom. The highest BCUT2D eigenvalue weighted by atomic mass is 35.5. The lowest BCUT2D eigenvalue weighted by Gasteiger charge is -2.29. The highest BCUT2D eigenvalue weighted by molar-refractivity contribution is 6.30. The van der Waals surface area contributed by atoms with Gasteiger partial charge in [0.15, 0.2) is 5.76 Å². The zero-order valence-corrected chi connectivity index (χ0v) is 15.0. The second-order valence-electron chi connectivity index (χ2n) is 5.92. The Labute approximate surface area is 162 Å². The van der Waals surface area contributed by atoms with E-state index in [2.05, 4.69) is 4.74 Å². The molecule has 1 aliphatic heterocycles. The van der Waals surface area contributed by atoms with Crippen LogP contribution in [0, 0.1) is 0 Å². The highest BCUT2D eigenvalue weighted by Crippen LogP contribution is 2.41. The van der Waals surface area contributed by atoms with Crippen LogP contribution < -0.4 is 4.74 Å². The van der Waals surface area contributed by atoms with Gasteiger partial charge in [0.1, 0.15) is 5.75 Å². The van der Waals surface area contributed by atoms with E-state index in [9.17, 15) is 18.0 Å². The van der Waals surface area contributed by atoms with E-state index in [0.29, 0.717) is 5.56 Å². The number of benzene rings is 2. The van der Waals surface area contributed by atoms with E-state index < -0.39 is 24.2 Å². The lowest BCUT2D eigenvalue weighted by Crippen LogP contribution is -2.39. The van der Waals surface area contributed by atoms with Gasteiger partial charge in [0, 0.05) is 16.1 Å². The molecule has 2 aromatic rings. The van der Waals surface area contributed by atoms with Crippen molar-refractivity contribution < 1.29 is 37.3 Å². The van der Waals surface area contributed by atoms with Gasteiger partial charge in [-0.05, 0) is 23.8 Å². The second kappa shape index (κ2) is 8.12. The molecule has 0 amide bonds. The number of rotatable bonds is 5. The summed E-state index contributed by atoms with van der Waals surface area (Å²) in [6.07, 6.45) is -8.34. The van der Waals surface area contributed by atoms with Crippen molar-refractivity contribution in [2.24, 2.45) is 0 Å². The molecule has 0 radical (unpaired) electrons. The predicted molar refractivity (Wildman–Crippen MR) is 93.9 cm³/mol. The third kappa shape index (κ3) is 4.76. The van der Waals surface area contributed by atoms with Crippen LogP contribution in [0.15, 0.2) is 48.2 Å². The van der Waals surface area contributed by atoms with Crippen LogP contribution in [0.5, 0.6) is 5.75 Å². The molecule has 1 unspecified atom stereocenters. The average Bonchev–Trinajstić information content (AvgIpc) is 2.60. The zero-order valence-electron chi connectivity index (χ0n) is 14.2. The molecule has 1 aliphatic rings. The van der Waals surface area contributed by atoms with Gasteiger partial charge in [-0.3, -0.25) is 0 Å². The second-order valence-corrected chi connectivity index (χ2v) is 6.35. The van der Waals surface area contributed by atoms with Crippen molar-refractivity contribution in [3.05, 3.63) is 69.9 Å². The molecule has 0 fully saturated rings. The molecule has 0 bridgehead atoms. The summed E-state index contributed by atoms with van der Waals surface area (Å²) in [5, 5.41) is 8.93. The number of hydrogen-bond acceptors (Lipinski definition) is 4. The van der Waals surface area contributed by atoms with Crippen molar-refractivity contribution in [2.75, 3.05) is 0 Å². The molecule has 0 aliphatic carbocycles. The summed E-state index contributed by atoms with van der Waals surface area (Å²) in [6.45, 7) is 0.194. The Morgan fingerprint density at radius 1 is 1.18 bits per heavy atom. The van der Waals surface area contributed by atoms with E-state index in [-0.39, 0.29) is 29.5 Å². The summed E-state index contributed by atoms with van der Waals surface area (Å²) in [6, 6.07) is 12.0. The van der Waals surface area contributed by atoms with Crippen molar-refractivity contribution in [1.82, 2.24) is 0 Å². The van der Waals surface area contributed by atoms with Crippen molar-refractivity contribution in [3.8, 4) is 5.75 Å². The van der Waals surface area contributed by atoms with Crippen LogP contribution in [-0.2, 0) is 22.7 Å². The minimum Gasteiger partial charge on any atom is -0.472 e. The summed E-state index contributed by atoms with van der Waals surface area (Å²) in [4.78, 5) is 10.7. The first kappa shape index (κ1) is 20.0. The van der Waals surface area contributed by atoms with E-state index >= 15 is 0 Å². The molecule has 1 atom stereocenters.